The molecule has 0 bridgehead atoms. The number of carbonyl (C=O) groups is 1. The number of nitrogens with zero attached hydrogens (tertiary/aromatic N) is 1. The van der Waals surface area contributed by atoms with Crippen molar-refractivity contribution in [2.75, 3.05) is 26.2 Å². The van der Waals surface area contributed by atoms with Gasteiger partial charge in [-0.3, -0.25) is 4.79 Å². The fourth-order valence-corrected chi connectivity index (χ4v) is 1.66. The number of amides is 1. The standard InChI is InChI=1S/C10H20N2O2/c1-9(8-13)11-10(14)4-7-12-5-2-3-6-12/h9,13H,2-8H2,1H3,(H,11,14). The Bertz CT molecular complexity index is 179. The molecule has 1 saturated heterocycles. The van der Waals surface area contributed by atoms with Crippen LogP contribution in [0.1, 0.15) is 26.2 Å². The lowest BCUT2D eigenvalue weighted by Gasteiger charge is -2.15. The van der Waals surface area contributed by atoms with Crippen molar-refractivity contribution in [3.63, 3.8) is 0 Å². The first kappa shape index (κ1) is 11.5. The summed E-state index contributed by atoms with van der Waals surface area (Å²) in [6.07, 6.45) is 3.06. The van der Waals surface area contributed by atoms with Crippen LogP contribution >= 0.6 is 0 Å². The van der Waals surface area contributed by atoms with Gasteiger partial charge in [-0.1, -0.05) is 0 Å². The molecule has 2 N–H and O–H groups in total. The van der Waals surface area contributed by atoms with Crippen molar-refractivity contribution < 1.29 is 9.90 Å². The molecule has 1 amide bonds. The fourth-order valence-electron chi connectivity index (χ4n) is 1.66. The van der Waals surface area contributed by atoms with Crippen LogP contribution in [0, 0.1) is 0 Å². The van der Waals surface area contributed by atoms with E-state index in [1.54, 1.807) is 6.92 Å². The number of hydrogen-bond donors (Lipinski definition) is 2. The highest BCUT2D eigenvalue weighted by Crippen LogP contribution is 2.07. The van der Waals surface area contributed by atoms with Crippen molar-refractivity contribution >= 4 is 5.91 Å². The highest BCUT2D eigenvalue weighted by Gasteiger charge is 2.13. The maximum Gasteiger partial charge on any atom is 0.221 e. The van der Waals surface area contributed by atoms with Gasteiger partial charge in [-0.05, 0) is 32.9 Å². The summed E-state index contributed by atoms with van der Waals surface area (Å²) in [5, 5.41) is 11.5. The van der Waals surface area contributed by atoms with Gasteiger partial charge in [-0.2, -0.15) is 0 Å². The predicted molar refractivity (Wildman–Crippen MR) is 55.0 cm³/mol. The zero-order chi connectivity index (χ0) is 10.4. The molecule has 0 aliphatic carbocycles. The largest absolute Gasteiger partial charge is 0.394 e. The average molecular weight is 200 g/mol. The molecular formula is C10H20N2O2. The molecule has 4 heteroatoms. The van der Waals surface area contributed by atoms with Crippen molar-refractivity contribution in [3.8, 4) is 0 Å². The third kappa shape index (κ3) is 4.07. The molecule has 14 heavy (non-hydrogen) atoms. The first-order chi connectivity index (χ1) is 6.72. The maximum absolute atomic E-state index is 11.3. The van der Waals surface area contributed by atoms with E-state index in [-0.39, 0.29) is 18.6 Å². The second-order valence-electron chi connectivity index (χ2n) is 3.95. The molecule has 0 saturated carbocycles. The van der Waals surface area contributed by atoms with Gasteiger partial charge in [0.15, 0.2) is 0 Å². The second kappa shape index (κ2) is 5.98. The van der Waals surface area contributed by atoms with Crippen molar-refractivity contribution in [1.29, 1.82) is 0 Å². The summed E-state index contributed by atoms with van der Waals surface area (Å²) in [5.74, 6) is 0.0402. The van der Waals surface area contributed by atoms with E-state index in [1.807, 2.05) is 0 Å². The number of rotatable bonds is 5. The molecule has 0 radical (unpaired) electrons. The SMILES string of the molecule is CC(CO)NC(=O)CCN1CCCC1. The molecule has 1 fully saturated rings. The topological polar surface area (TPSA) is 52.6 Å². The lowest BCUT2D eigenvalue weighted by Crippen LogP contribution is -2.36. The summed E-state index contributed by atoms with van der Waals surface area (Å²) in [5.41, 5.74) is 0. The number of hydrogen-bond acceptors (Lipinski definition) is 3. The molecule has 0 aromatic rings. The van der Waals surface area contributed by atoms with Crippen LogP contribution in [0.4, 0.5) is 0 Å². The molecule has 1 heterocycles. The summed E-state index contributed by atoms with van der Waals surface area (Å²) in [6.45, 7) is 4.92. The van der Waals surface area contributed by atoms with E-state index in [0.29, 0.717) is 6.42 Å². The minimum Gasteiger partial charge on any atom is -0.394 e. The van der Waals surface area contributed by atoms with E-state index in [0.717, 1.165) is 19.6 Å². The Hall–Kier alpha value is -0.610. The normalized spacial score (nSPS) is 19.6. The molecule has 1 atom stereocenters. The maximum atomic E-state index is 11.3. The van der Waals surface area contributed by atoms with Crippen molar-refractivity contribution in [3.05, 3.63) is 0 Å². The highest BCUT2D eigenvalue weighted by atomic mass is 16.3. The van der Waals surface area contributed by atoms with Gasteiger partial charge in [-0.15, -0.1) is 0 Å². The Morgan fingerprint density at radius 1 is 1.50 bits per heavy atom. The minimum atomic E-state index is -0.124. The monoisotopic (exact) mass is 200 g/mol. The summed E-state index contributed by atoms with van der Waals surface area (Å²) >= 11 is 0. The average Bonchev–Trinajstić information content (AvgIpc) is 2.67. The highest BCUT2D eigenvalue weighted by molar-refractivity contribution is 5.76. The van der Waals surface area contributed by atoms with Gasteiger partial charge in [0.25, 0.3) is 0 Å². The van der Waals surface area contributed by atoms with Crippen LogP contribution in [0.15, 0.2) is 0 Å². The first-order valence-electron chi connectivity index (χ1n) is 5.35. The molecule has 82 valence electrons. The number of nitrogens with one attached hydrogen (secondary N) is 1. The molecular weight excluding hydrogens is 180 g/mol. The van der Waals surface area contributed by atoms with Crippen LogP contribution in [0.2, 0.25) is 0 Å². The predicted octanol–water partition coefficient (Wildman–Crippen LogP) is -0.0307. The Labute approximate surface area is 85.3 Å². The quantitative estimate of drug-likeness (QED) is 0.655. The Balaban J connectivity index is 2.08. The van der Waals surface area contributed by atoms with Gasteiger partial charge in [0.05, 0.1) is 6.61 Å². The van der Waals surface area contributed by atoms with Crippen LogP contribution in [0.3, 0.4) is 0 Å². The van der Waals surface area contributed by atoms with Gasteiger partial charge in [0.2, 0.25) is 5.91 Å². The van der Waals surface area contributed by atoms with Crippen molar-refractivity contribution in [2.45, 2.75) is 32.2 Å². The summed E-state index contributed by atoms with van der Waals surface area (Å²) in [4.78, 5) is 13.6. The number of likely N-dealkylation sites (tertiary alicyclic amines) is 1. The molecule has 1 unspecified atom stereocenters. The van der Waals surface area contributed by atoms with E-state index in [9.17, 15) is 4.79 Å². The number of aliphatic hydroxyl groups excluding tert-OH is 1. The van der Waals surface area contributed by atoms with E-state index < -0.39 is 0 Å². The van der Waals surface area contributed by atoms with Gasteiger partial charge in [0.1, 0.15) is 0 Å². The molecule has 4 nitrogen and oxygen atoms in total. The number of aliphatic hydroxyl groups is 1. The molecule has 1 aliphatic rings. The molecule has 0 aromatic heterocycles. The van der Waals surface area contributed by atoms with E-state index >= 15 is 0 Å². The van der Waals surface area contributed by atoms with E-state index in [4.69, 9.17) is 5.11 Å². The Morgan fingerprint density at radius 2 is 2.14 bits per heavy atom. The molecule has 0 aromatic carbocycles. The second-order valence-corrected chi connectivity index (χ2v) is 3.95. The molecule has 1 rings (SSSR count). The van der Waals surface area contributed by atoms with Crippen LogP contribution in [-0.2, 0) is 4.79 Å². The third-order valence-corrected chi connectivity index (χ3v) is 2.54. The van der Waals surface area contributed by atoms with E-state index in [1.165, 1.54) is 12.8 Å². The summed E-state index contributed by atoms with van der Waals surface area (Å²) in [7, 11) is 0. The van der Waals surface area contributed by atoms with Crippen LogP contribution < -0.4 is 5.32 Å². The van der Waals surface area contributed by atoms with Crippen LogP contribution in [-0.4, -0.2) is 48.2 Å². The lowest BCUT2D eigenvalue weighted by atomic mass is 10.3. The van der Waals surface area contributed by atoms with Crippen molar-refractivity contribution in [1.82, 2.24) is 10.2 Å². The zero-order valence-electron chi connectivity index (χ0n) is 8.83. The first-order valence-corrected chi connectivity index (χ1v) is 5.35. The fraction of sp³-hybridized carbons (Fsp3) is 0.900. The van der Waals surface area contributed by atoms with E-state index in [2.05, 4.69) is 10.2 Å². The van der Waals surface area contributed by atoms with Gasteiger partial charge in [0, 0.05) is 19.0 Å². The Morgan fingerprint density at radius 3 is 2.71 bits per heavy atom. The van der Waals surface area contributed by atoms with Crippen LogP contribution in [0.5, 0.6) is 0 Å². The zero-order valence-corrected chi connectivity index (χ0v) is 8.83. The van der Waals surface area contributed by atoms with Gasteiger partial charge in [-0.25, -0.2) is 0 Å². The van der Waals surface area contributed by atoms with Crippen LogP contribution in [0.25, 0.3) is 0 Å². The van der Waals surface area contributed by atoms with Crippen molar-refractivity contribution in [2.24, 2.45) is 0 Å². The van der Waals surface area contributed by atoms with Gasteiger partial charge >= 0.3 is 0 Å². The minimum absolute atomic E-state index is 0.00938. The summed E-state index contributed by atoms with van der Waals surface area (Å²) < 4.78 is 0. The third-order valence-electron chi connectivity index (χ3n) is 2.54. The molecule has 1 aliphatic heterocycles. The lowest BCUT2D eigenvalue weighted by molar-refractivity contribution is -0.122. The van der Waals surface area contributed by atoms with Gasteiger partial charge < -0.3 is 15.3 Å². The smallest absolute Gasteiger partial charge is 0.221 e. The summed E-state index contributed by atoms with van der Waals surface area (Å²) in [6, 6.07) is -0.124. The number of carbonyl (C=O) groups excluding carboxylic acids is 1. The molecule has 0 spiro atoms. The Kier molecular flexibility index (Phi) is 4.90.